The fraction of sp³-hybridized carbons (Fsp3) is 0.167. The zero-order valence-electron chi connectivity index (χ0n) is 17.7. The second-order valence-corrected chi connectivity index (χ2v) is 9.00. The van der Waals surface area contributed by atoms with Crippen molar-refractivity contribution in [3.05, 3.63) is 81.5 Å². The number of aryl methyl sites for hydroxylation is 1. The van der Waals surface area contributed by atoms with Crippen molar-refractivity contribution in [3.63, 3.8) is 0 Å². The van der Waals surface area contributed by atoms with Gasteiger partial charge < -0.3 is 9.47 Å². The zero-order chi connectivity index (χ0) is 22.3. The Balaban J connectivity index is 1.66. The standard InChI is InChI=1S/C24H22ClN3O2S/c1-15-13-17(16(2)27(15)20-11-9-19(10-12-20)26(3)4)14-22-23(29)28(24(30)31-22)21-7-5-18(25)6-8-21/h5-14H,1-4H3/b22-14+. The van der Waals surface area contributed by atoms with Crippen LogP contribution < -0.4 is 9.80 Å². The van der Waals surface area contributed by atoms with E-state index < -0.39 is 0 Å². The van der Waals surface area contributed by atoms with Crippen LogP contribution in [-0.2, 0) is 4.79 Å². The number of aromatic nitrogens is 1. The second-order valence-electron chi connectivity index (χ2n) is 7.57. The zero-order valence-corrected chi connectivity index (χ0v) is 19.3. The van der Waals surface area contributed by atoms with E-state index in [1.54, 1.807) is 30.3 Å². The van der Waals surface area contributed by atoms with E-state index in [4.69, 9.17) is 11.6 Å². The molecule has 0 atom stereocenters. The first-order valence-electron chi connectivity index (χ1n) is 9.76. The molecule has 0 aliphatic carbocycles. The van der Waals surface area contributed by atoms with E-state index in [0.29, 0.717) is 15.6 Å². The van der Waals surface area contributed by atoms with E-state index in [-0.39, 0.29) is 11.1 Å². The first-order chi connectivity index (χ1) is 14.8. The monoisotopic (exact) mass is 451 g/mol. The normalized spacial score (nSPS) is 15.3. The van der Waals surface area contributed by atoms with Crippen LogP contribution in [0.3, 0.4) is 0 Å². The van der Waals surface area contributed by atoms with Crippen molar-refractivity contribution < 1.29 is 9.59 Å². The highest BCUT2D eigenvalue weighted by molar-refractivity contribution is 8.19. The number of rotatable bonds is 4. The van der Waals surface area contributed by atoms with Gasteiger partial charge in [-0.2, -0.15) is 0 Å². The third kappa shape index (κ3) is 4.01. The summed E-state index contributed by atoms with van der Waals surface area (Å²) in [6.45, 7) is 4.05. The van der Waals surface area contributed by atoms with Crippen LogP contribution in [0, 0.1) is 13.8 Å². The van der Waals surface area contributed by atoms with Crippen LogP contribution in [-0.4, -0.2) is 29.8 Å². The van der Waals surface area contributed by atoms with Crippen molar-refractivity contribution >= 4 is 52.0 Å². The van der Waals surface area contributed by atoms with E-state index in [9.17, 15) is 9.59 Å². The molecule has 0 spiro atoms. The Morgan fingerprint density at radius 1 is 0.935 bits per heavy atom. The Kier molecular flexibility index (Phi) is 5.69. The number of nitrogens with zero attached hydrogens (tertiary/aromatic N) is 3. The van der Waals surface area contributed by atoms with Crippen molar-refractivity contribution in [2.75, 3.05) is 23.9 Å². The summed E-state index contributed by atoms with van der Waals surface area (Å²) in [6, 6.07) is 17.0. The van der Waals surface area contributed by atoms with Crippen LogP contribution in [0.2, 0.25) is 5.02 Å². The van der Waals surface area contributed by atoms with E-state index in [2.05, 4.69) is 33.7 Å². The molecule has 3 aromatic rings. The fourth-order valence-electron chi connectivity index (χ4n) is 3.65. The minimum atomic E-state index is -0.322. The largest absolute Gasteiger partial charge is 0.378 e. The average molecular weight is 452 g/mol. The number of carbonyl (C=O) groups is 2. The van der Waals surface area contributed by atoms with Crippen molar-refractivity contribution in [1.82, 2.24) is 4.57 Å². The number of anilines is 2. The van der Waals surface area contributed by atoms with Crippen LogP contribution in [0.15, 0.2) is 59.5 Å². The molecule has 2 amide bonds. The molecule has 31 heavy (non-hydrogen) atoms. The summed E-state index contributed by atoms with van der Waals surface area (Å²) in [4.78, 5) is 29.1. The van der Waals surface area contributed by atoms with Crippen molar-refractivity contribution in [3.8, 4) is 5.69 Å². The van der Waals surface area contributed by atoms with Gasteiger partial charge in [-0.3, -0.25) is 9.59 Å². The maximum atomic E-state index is 13.0. The lowest BCUT2D eigenvalue weighted by Crippen LogP contribution is -2.27. The van der Waals surface area contributed by atoms with Crippen molar-refractivity contribution in [1.29, 1.82) is 0 Å². The summed E-state index contributed by atoms with van der Waals surface area (Å²) in [6.07, 6.45) is 1.80. The number of imide groups is 1. The molecule has 0 unspecified atom stereocenters. The molecule has 0 N–H and O–H groups in total. The minimum absolute atomic E-state index is 0.313. The summed E-state index contributed by atoms with van der Waals surface area (Å²) >= 11 is 6.88. The van der Waals surface area contributed by atoms with Gasteiger partial charge in [0.1, 0.15) is 0 Å². The molecule has 1 aromatic heterocycles. The Morgan fingerprint density at radius 3 is 2.16 bits per heavy atom. The molecular weight excluding hydrogens is 430 g/mol. The number of benzene rings is 2. The van der Waals surface area contributed by atoms with Crippen LogP contribution in [0.25, 0.3) is 11.8 Å². The van der Waals surface area contributed by atoms with Crippen LogP contribution in [0.5, 0.6) is 0 Å². The van der Waals surface area contributed by atoms with Gasteiger partial charge in [-0.1, -0.05) is 11.6 Å². The summed E-state index contributed by atoms with van der Waals surface area (Å²) in [5.74, 6) is -0.322. The molecule has 1 aliphatic heterocycles. The van der Waals surface area contributed by atoms with Crippen molar-refractivity contribution in [2.24, 2.45) is 0 Å². The molecule has 1 saturated heterocycles. The molecule has 158 valence electrons. The SMILES string of the molecule is Cc1cc(/C=C2/SC(=O)N(c3ccc(Cl)cc3)C2=O)c(C)n1-c1ccc(N(C)C)cc1. The number of amides is 2. The molecule has 7 heteroatoms. The molecule has 0 bridgehead atoms. The quantitative estimate of drug-likeness (QED) is 0.452. The maximum Gasteiger partial charge on any atom is 0.298 e. The Hall–Kier alpha value is -2.96. The predicted octanol–water partition coefficient (Wildman–Crippen LogP) is 6.05. The van der Waals surface area contributed by atoms with E-state index >= 15 is 0 Å². The molecule has 0 radical (unpaired) electrons. The molecule has 0 saturated carbocycles. The van der Waals surface area contributed by atoms with Gasteiger partial charge in [0.2, 0.25) is 0 Å². The van der Waals surface area contributed by atoms with Gasteiger partial charge in [-0.25, -0.2) is 4.90 Å². The van der Waals surface area contributed by atoms with Crippen molar-refractivity contribution in [2.45, 2.75) is 13.8 Å². The van der Waals surface area contributed by atoms with Gasteiger partial charge >= 0.3 is 0 Å². The Bertz CT molecular complexity index is 1190. The van der Waals surface area contributed by atoms with Gasteiger partial charge in [-0.05, 0) is 91.8 Å². The second kappa shape index (κ2) is 8.29. The molecule has 5 nitrogen and oxygen atoms in total. The molecule has 2 heterocycles. The topological polar surface area (TPSA) is 45.6 Å². The van der Waals surface area contributed by atoms with Crippen LogP contribution >= 0.6 is 23.4 Å². The Morgan fingerprint density at radius 2 is 1.55 bits per heavy atom. The number of thioether (sulfide) groups is 1. The number of hydrogen-bond donors (Lipinski definition) is 0. The number of halogens is 1. The van der Waals surface area contributed by atoms with Gasteiger partial charge in [0.15, 0.2) is 0 Å². The van der Waals surface area contributed by atoms with E-state index in [0.717, 1.165) is 40.1 Å². The Labute approximate surface area is 190 Å². The lowest BCUT2D eigenvalue weighted by atomic mass is 10.2. The maximum absolute atomic E-state index is 13.0. The minimum Gasteiger partial charge on any atom is -0.378 e. The summed E-state index contributed by atoms with van der Waals surface area (Å²) in [5.41, 5.74) is 5.67. The van der Waals surface area contributed by atoms with Gasteiger partial charge in [0.25, 0.3) is 11.1 Å². The molecular formula is C24H22ClN3O2S. The van der Waals surface area contributed by atoms with Gasteiger partial charge in [-0.15, -0.1) is 0 Å². The van der Waals surface area contributed by atoms with E-state index in [1.807, 2.05) is 34.0 Å². The van der Waals surface area contributed by atoms with Gasteiger partial charge in [0.05, 0.1) is 10.6 Å². The van der Waals surface area contributed by atoms with E-state index in [1.165, 1.54) is 4.90 Å². The highest BCUT2D eigenvalue weighted by Crippen LogP contribution is 2.37. The van der Waals surface area contributed by atoms with Crippen LogP contribution in [0.4, 0.5) is 16.2 Å². The average Bonchev–Trinajstić information content (AvgIpc) is 3.17. The predicted molar refractivity (Wildman–Crippen MR) is 129 cm³/mol. The summed E-state index contributed by atoms with van der Waals surface area (Å²) in [5, 5.41) is 0.240. The smallest absolute Gasteiger partial charge is 0.298 e. The lowest BCUT2D eigenvalue weighted by molar-refractivity contribution is -0.113. The fourth-order valence-corrected chi connectivity index (χ4v) is 4.61. The third-order valence-electron chi connectivity index (χ3n) is 5.26. The number of hydrogen-bond acceptors (Lipinski definition) is 4. The van der Waals surface area contributed by atoms with Gasteiger partial charge in [0, 0.05) is 41.9 Å². The highest BCUT2D eigenvalue weighted by atomic mass is 35.5. The molecule has 2 aromatic carbocycles. The number of carbonyl (C=O) groups excluding carboxylic acids is 2. The molecule has 1 fully saturated rings. The first kappa shape index (κ1) is 21.3. The first-order valence-corrected chi connectivity index (χ1v) is 11.0. The summed E-state index contributed by atoms with van der Waals surface area (Å²) < 4.78 is 2.15. The van der Waals surface area contributed by atoms with Crippen LogP contribution in [0.1, 0.15) is 17.0 Å². The molecule has 1 aliphatic rings. The highest BCUT2D eigenvalue weighted by Gasteiger charge is 2.36. The molecule has 4 rings (SSSR count). The third-order valence-corrected chi connectivity index (χ3v) is 6.38. The summed E-state index contributed by atoms with van der Waals surface area (Å²) in [7, 11) is 4.02. The lowest BCUT2D eigenvalue weighted by Gasteiger charge is -2.15.